The highest BCUT2D eigenvalue weighted by atomic mass is 35.5. The number of halogens is 2. The van der Waals surface area contributed by atoms with Crippen molar-refractivity contribution in [1.82, 2.24) is 14.3 Å². The molecular formula is C28H19ClFN3O5S. The summed E-state index contributed by atoms with van der Waals surface area (Å²) in [6, 6.07) is 11.6. The molecule has 5 aromatic rings. The minimum atomic E-state index is -4.00. The van der Waals surface area contributed by atoms with E-state index in [9.17, 15) is 18.0 Å². The van der Waals surface area contributed by atoms with Crippen LogP contribution in [0.2, 0.25) is 5.15 Å². The van der Waals surface area contributed by atoms with E-state index < -0.39 is 21.7 Å². The molecule has 0 bridgehead atoms. The summed E-state index contributed by atoms with van der Waals surface area (Å²) in [5, 5.41) is 1.41. The fraction of sp³-hybridized carbons (Fsp3) is 0.107. The van der Waals surface area contributed by atoms with E-state index >= 15 is 4.39 Å². The first-order valence-corrected chi connectivity index (χ1v) is 14.1. The second kappa shape index (κ2) is 9.18. The lowest BCUT2D eigenvalue weighted by molar-refractivity contribution is -0.113. The summed E-state index contributed by atoms with van der Waals surface area (Å²) in [5.41, 5.74) is 1.83. The number of nitrogens with zero attached hydrogens (tertiary/aromatic N) is 2. The molecule has 0 saturated carbocycles. The molecule has 1 aliphatic carbocycles. The lowest BCUT2D eigenvalue weighted by atomic mass is 9.93. The monoisotopic (exact) mass is 563 g/mol. The van der Waals surface area contributed by atoms with Gasteiger partial charge in [-0.05, 0) is 29.8 Å². The standard InChI is InChI=1S/C28H19ClFN3O5S/c1-39(36,37)32-28(35)26-24(18-7-3-5-9-22(18)34)25-21(13-19(30)17-10-11-38-27(17)25)33(26)14-15-12-23(29)31-20-8-4-2-6-16(15)20/h2-8,10-13H,9,14H2,1H3,(H,32,35). The number of ketones is 1. The Balaban J connectivity index is 1.75. The molecular weight excluding hydrogens is 545 g/mol. The van der Waals surface area contributed by atoms with Crippen LogP contribution in [0, 0.1) is 5.82 Å². The molecule has 0 atom stereocenters. The van der Waals surface area contributed by atoms with Crippen molar-refractivity contribution >= 4 is 71.7 Å². The minimum Gasteiger partial charge on any atom is -0.463 e. The number of carbonyl (C=O) groups excluding carboxylic acids is 2. The smallest absolute Gasteiger partial charge is 0.282 e. The number of carbonyl (C=O) groups is 2. The van der Waals surface area contributed by atoms with E-state index in [1.807, 2.05) is 16.9 Å². The lowest BCUT2D eigenvalue weighted by Crippen LogP contribution is -2.32. The quantitative estimate of drug-likeness (QED) is 0.287. The SMILES string of the molecule is CS(=O)(=O)NC(=O)c1c(C2=CC=CCC2=O)c2c3occc3c(F)cc2n1Cc1cc(Cl)nc2ccccc12. The Kier molecular flexibility index (Phi) is 5.89. The third kappa shape index (κ3) is 4.31. The Bertz CT molecular complexity index is 2040. The summed E-state index contributed by atoms with van der Waals surface area (Å²) >= 11 is 6.32. The molecule has 8 nitrogen and oxygen atoms in total. The van der Waals surface area contributed by atoms with E-state index in [0.29, 0.717) is 16.5 Å². The van der Waals surface area contributed by atoms with Crippen LogP contribution in [0.25, 0.3) is 38.3 Å². The molecule has 1 N–H and O–H groups in total. The number of hydrogen-bond acceptors (Lipinski definition) is 6. The number of sulfonamides is 1. The van der Waals surface area contributed by atoms with Gasteiger partial charge in [0.25, 0.3) is 5.91 Å². The molecule has 0 saturated heterocycles. The Morgan fingerprint density at radius 2 is 2.00 bits per heavy atom. The number of benzene rings is 2. The van der Waals surface area contributed by atoms with Crippen LogP contribution in [-0.2, 0) is 21.4 Å². The number of Topliss-reactive ketones (excluding diaryl/α,β-unsaturated/α-hetero) is 1. The number of hydrogen-bond donors (Lipinski definition) is 1. The minimum absolute atomic E-state index is 0.0191. The van der Waals surface area contributed by atoms with Crippen molar-refractivity contribution in [3.8, 4) is 0 Å². The first-order valence-electron chi connectivity index (χ1n) is 11.8. The molecule has 3 aromatic heterocycles. The molecule has 0 fully saturated rings. The van der Waals surface area contributed by atoms with Gasteiger partial charge in [0.2, 0.25) is 10.0 Å². The summed E-state index contributed by atoms with van der Waals surface area (Å²) < 4.78 is 48.8. The number of para-hydroxylation sites is 1. The zero-order valence-electron chi connectivity index (χ0n) is 20.4. The fourth-order valence-electron chi connectivity index (χ4n) is 5.06. The maximum atomic E-state index is 15.3. The maximum absolute atomic E-state index is 15.3. The molecule has 196 valence electrons. The number of nitrogens with one attached hydrogen (secondary N) is 1. The van der Waals surface area contributed by atoms with Crippen molar-refractivity contribution in [3.05, 3.63) is 94.7 Å². The van der Waals surface area contributed by atoms with E-state index in [1.165, 1.54) is 23.0 Å². The van der Waals surface area contributed by atoms with Crippen LogP contribution in [0.5, 0.6) is 0 Å². The number of pyridine rings is 1. The zero-order valence-corrected chi connectivity index (χ0v) is 21.9. The van der Waals surface area contributed by atoms with Crippen molar-refractivity contribution in [3.63, 3.8) is 0 Å². The Morgan fingerprint density at radius 1 is 1.21 bits per heavy atom. The maximum Gasteiger partial charge on any atom is 0.282 e. The molecule has 3 heterocycles. The fourth-order valence-corrected chi connectivity index (χ4v) is 5.72. The molecule has 2 aromatic carbocycles. The average Bonchev–Trinajstić information content (AvgIpc) is 3.47. The number of amides is 1. The highest BCUT2D eigenvalue weighted by Gasteiger charge is 2.32. The van der Waals surface area contributed by atoms with Gasteiger partial charge < -0.3 is 8.98 Å². The van der Waals surface area contributed by atoms with E-state index in [4.69, 9.17) is 16.0 Å². The molecule has 11 heteroatoms. The molecule has 6 rings (SSSR count). The van der Waals surface area contributed by atoms with Crippen LogP contribution < -0.4 is 4.72 Å². The van der Waals surface area contributed by atoms with Crippen LogP contribution >= 0.6 is 11.6 Å². The van der Waals surface area contributed by atoms with Crippen LogP contribution in [0.1, 0.15) is 28.0 Å². The topological polar surface area (TPSA) is 111 Å². The van der Waals surface area contributed by atoms with Crippen LogP contribution in [0.15, 0.2) is 71.4 Å². The third-order valence-electron chi connectivity index (χ3n) is 6.58. The van der Waals surface area contributed by atoms with Crippen LogP contribution in [0.4, 0.5) is 4.39 Å². The van der Waals surface area contributed by atoms with Gasteiger partial charge in [-0.3, -0.25) is 9.59 Å². The van der Waals surface area contributed by atoms with Gasteiger partial charge in [0, 0.05) is 29.5 Å². The van der Waals surface area contributed by atoms with Gasteiger partial charge in [-0.15, -0.1) is 0 Å². The predicted molar refractivity (Wildman–Crippen MR) is 147 cm³/mol. The van der Waals surface area contributed by atoms with Gasteiger partial charge in [0.05, 0.1) is 34.3 Å². The van der Waals surface area contributed by atoms with Crippen molar-refractivity contribution in [2.45, 2.75) is 13.0 Å². The molecule has 39 heavy (non-hydrogen) atoms. The second-order valence-electron chi connectivity index (χ2n) is 9.19. The van der Waals surface area contributed by atoms with Gasteiger partial charge in [-0.25, -0.2) is 22.5 Å². The van der Waals surface area contributed by atoms with Gasteiger partial charge in [-0.2, -0.15) is 0 Å². The normalized spacial score (nSPS) is 13.9. The van der Waals surface area contributed by atoms with E-state index in [-0.39, 0.29) is 57.2 Å². The summed E-state index contributed by atoms with van der Waals surface area (Å²) in [5.74, 6) is -1.86. The van der Waals surface area contributed by atoms with Crippen LogP contribution in [0.3, 0.4) is 0 Å². The number of rotatable bonds is 5. The number of allylic oxidation sites excluding steroid dienone is 4. The van der Waals surface area contributed by atoms with Crippen molar-refractivity contribution in [2.24, 2.45) is 0 Å². The first kappa shape index (κ1) is 25.0. The summed E-state index contributed by atoms with van der Waals surface area (Å²) in [6.45, 7) is -0.0191. The largest absolute Gasteiger partial charge is 0.463 e. The third-order valence-corrected chi connectivity index (χ3v) is 7.33. The summed E-state index contributed by atoms with van der Waals surface area (Å²) in [4.78, 5) is 31.1. The van der Waals surface area contributed by atoms with Gasteiger partial charge in [-0.1, -0.05) is 48.0 Å². The van der Waals surface area contributed by atoms with Crippen molar-refractivity contribution in [1.29, 1.82) is 0 Å². The van der Waals surface area contributed by atoms with E-state index in [1.54, 1.807) is 36.4 Å². The highest BCUT2D eigenvalue weighted by Crippen LogP contribution is 2.40. The molecule has 1 aliphatic rings. The second-order valence-corrected chi connectivity index (χ2v) is 11.3. The molecule has 1 amide bonds. The summed E-state index contributed by atoms with van der Waals surface area (Å²) in [7, 11) is -4.00. The number of furan rings is 1. The van der Waals surface area contributed by atoms with Crippen molar-refractivity contribution in [2.75, 3.05) is 6.26 Å². The van der Waals surface area contributed by atoms with Gasteiger partial charge in [0.1, 0.15) is 22.2 Å². The summed E-state index contributed by atoms with van der Waals surface area (Å²) in [6.07, 6.45) is 7.16. The highest BCUT2D eigenvalue weighted by molar-refractivity contribution is 7.89. The van der Waals surface area contributed by atoms with Gasteiger partial charge in [0.15, 0.2) is 5.78 Å². The zero-order chi connectivity index (χ0) is 27.5. The first-order chi connectivity index (χ1) is 18.6. The molecule has 0 radical (unpaired) electrons. The average molecular weight is 564 g/mol. The van der Waals surface area contributed by atoms with Gasteiger partial charge >= 0.3 is 0 Å². The molecule has 0 spiro atoms. The molecule has 0 unspecified atom stereocenters. The predicted octanol–water partition coefficient (Wildman–Crippen LogP) is 5.38. The molecule has 0 aliphatic heterocycles. The Morgan fingerprint density at radius 3 is 2.77 bits per heavy atom. The lowest BCUT2D eigenvalue weighted by Gasteiger charge is -2.15. The van der Waals surface area contributed by atoms with E-state index in [2.05, 4.69) is 4.98 Å². The van der Waals surface area contributed by atoms with Crippen LogP contribution in [-0.4, -0.2) is 35.9 Å². The number of aromatic nitrogens is 2. The Labute approximate surface area is 226 Å². The van der Waals surface area contributed by atoms with E-state index in [0.717, 1.165) is 11.6 Å². The van der Waals surface area contributed by atoms with Crippen molar-refractivity contribution < 1.29 is 26.8 Å². The number of fused-ring (bicyclic) bond motifs is 4. The Hall–Kier alpha value is -4.28.